The molecule has 1 aromatic carbocycles. The molecule has 3 aromatic rings. The molecule has 35 heavy (non-hydrogen) atoms. The lowest BCUT2D eigenvalue weighted by Gasteiger charge is -2.32. The van der Waals surface area contributed by atoms with Gasteiger partial charge < -0.3 is 24.4 Å². The van der Waals surface area contributed by atoms with E-state index in [1.807, 2.05) is 0 Å². The molecule has 1 unspecified atom stereocenters. The van der Waals surface area contributed by atoms with Gasteiger partial charge in [-0.3, -0.25) is 9.59 Å². The fraction of sp³-hybridized carbons (Fsp3) is 0.440. The first-order chi connectivity index (χ1) is 16.9. The van der Waals surface area contributed by atoms with Crippen LogP contribution in [0.2, 0.25) is 0 Å². The quantitative estimate of drug-likeness (QED) is 0.531. The van der Waals surface area contributed by atoms with Gasteiger partial charge in [0.2, 0.25) is 0 Å². The molecule has 4 heterocycles. The Morgan fingerprint density at radius 1 is 1.14 bits per heavy atom. The summed E-state index contributed by atoms with van der Waals surface area (Å²) in [6, 6.07) is 5.19. The third-order valence-corrected chi connectivity index (χ3v) is 7.66. The third-order valence-electron chi connectivity index (χ3n) is 6.55. The number of piperidine rings is 1. The molecule has 9 nitrogen and oxygen atoms in total. The molecule has 0 aliphatic carbocycles. The van der Waals surface area contributed by atoms with Crippen molar-refractivity contribution in [1.29, 1.82) is 0 Å². The Morgan fingerprint density at radius 2 is 1.89 bits per heavy atom. The van der Waals surface area contributed by atoms with Crippen LogP contribution in [0.3, 0.4) is 0 Å². The minimum atomic E-state index is -0.911. The van der Waals surface area contributed by atoms with Crippen molar-refractivity contribution in [2.24, 2.45) is 5.92 Å². The number of hydrogen-bond acceptors (Lipinski definition) is 9. The van der Waals surface area contributed by atoms with Gasteiger partial charge in [-0.1, -0.05) is 0 Å². The van der Waals surface area contributed by atoms with E-state index in [1.165, 1.54) is 10.4 Å². The van der Waals surface area contributed by atoms with Crippen LogP contribution in [0.5, 0.6) is 11.5 Å². The number of nitrogens with one attached hydrogen (secondary N) is 1. The van der Waals surface area contributed by atoms with Crippen molar-refractivity contribution >= 4 is 44.9 Å². The Labute approximate surface area is 207 Å². The fourth-order valence-electron chi connectivity index (χ4n) is 4.42. The summed E-state index contributed by atoms with van der Waals surface area (Å²) in [7, 11) is 0. The van der Waals surface area contributed by atoms with Gasteiger partial charge in [0.25, 0.3) is 5.91 Å². The number of fused-ring (bicyclic) bond motifs is 2. The van der Waals surface area contributed by atoms with Crippen molar-refractivity contribution in [3.8, 4) is 11.5 Å². The molecular weight excluding hydrogens is 468 g/mol. The normalized spacial score (nSPS) is 16.7. The molecule has 1 fully saturated rings. The molecule has 2 aliphatic rings. The van der Waals surface area contributed by atoms with Crippen molar-refractivity contribution in [2.75, 3.05) is 36.5 Å². The van der Waals surface area contributed by atoms with E-state index in [1.54, 1.807) is 42.8 Å². The van der Waals surface area contributed by atoms with Gasteiger partial charge in [-0.2, -0.15) is 0 Å². The highest BCUT2D eigenvalue weighted by atomic mass is 32.1. The van der Waals surface area contributed by atoms with Crippen LogP contribution in [0, 0.1) is 19.8 Å². The van der Waals surface area contributed by atoms with Crippen LogP contribution in [0.4, 0.5) is 11.5 Å². The van der Waals surface area contributed by atoms with Gasteiger partial charge in [-0.25, -0.2) is 9.97 Å². The third kappa shape index (κ3) is 4.75. The lowest BCUT2D eigenvalue weighted by molar-refractivity contribution is -0.157. The molecule has 0 radical (unpaired) electrons. The van der Waals surface area contributed by atoms with E-state index < -0.39 is 6.10 Å². The second-order valence-corrected chi connectivity index (χ2v) is 10.1. The lowest BCUT2D eigenvalue weighted by Crippen LogP contribution is -2.39. The summed E-state index contributed by atoms with van der Waals surface area (Å²) in [5, 5.41) is 3.88. The van der Waals surface area contributed by atoms with Gasteiger partial charge >= 0.3 is 5.97 Å². The van der Waals surface area contributed by atoms with Crippen molar-refractivity contribution in [3.63, 3.8) is 0 Å². The molecular formula is C25H28N4O5S. The monoisotopic (exact) mass is 496 g/mol. The lowest BCUT2D eigenvalue weighted by atomic mass is 9.96. The number of anilines is 2. The van der Waals surface area contributed by atoms with Crippen molar-refractivity contribution in [2.45, 2.75) is 39.7 Å². The van der Waals surface area contributed by atoms with Gasteiger partial charge in [-0.05, 0) is 51.3 Å². The number of aromatic nitrogens is 2. The van der Waals surface area contributed by atoms with E-state index in [0.717, 1.165) is 16.0 Å². The SMILES string of the molecule is Cc1sc2ncnc(N3CCC(C(=O)OC(C)C(=O)Nc4ccc5c(c4)OCCO5)CC3)c2c1C. The molecule has 2 aromatic heterocycles. The molecule has 5 rings (SSSR count). The summed E-state index contributed by atoms with van der Waals surface area (Å²) in [5.74, 6) is 1.17. The first-order valence-corrected chi connectivity index (χ1v) is 12.6. The number of nitrogens with zero attached hydrogens (tertiary/aromatic N) is 3. The molecule has 1 saturated heterocycles. The molecule has 184 valence electrons. The molecule has 1 N–H and O–H groups in total. The summed E-state index contributed by atoms with van der Waals surface area (Å²) in [4.78, 5) is 38.8. The highest BCUT2D eigenvalue weighted by molar-refractivity contribution is 7.18. The van der Waals surface area contributed by atoms with Crippen LogP contribution >= 0.6 is 11.3 Å². The van der Waals surface area contributed by atoms with Crippen LogP contribution in [-0.2, 0) is 14.3 Å². The second kappa shape index (κ2) is 9.69. The molecule has 0 saturated carbocycles. The summed E-state index contributed by atoms with van der Waals surface area (Å²) < 4.78 is 16.6. The van der Waals surface area contributed by atoms with Crippen molar-refractivity contribution in [1.82, 2.24) is 9.97 Å². The van der Waals surface area contributed by atoms with Gasteiger partial charge in [0.1, 0.15) is 30.2 Å². The number of aryl methyl sites for hydroxylation is 2. The average Bonchev–Trinajstić information content (AvgIpc) is 3.17. The molecule has 2 aliphatic heterocycles. The second-order valence-electron chi connectivity index (χ2n) is 8.85. The number of benzene rings is 1. The van der Waals surface area contributed by atoms with Crippen LogP contribution in [0.15, 0.2) is 24.5 Å². The zero-order valence-corrected chi connectivity index (χ0v) is 20.8. The number of carbonyl (C=O) groups excluding carboxylic acids is 2. The Kier molecular flexibility index (Phi) is 6.46. The first-order valence-electron chi connectivity index (χ1n) is 11.8. The standard InChI is InChI=1S/C25H28N4O5S/c1-14-16(3)35-24-21(14)22(26-13-27-24)29-8-6-17(7-9-29)25(31)34-15(2)23(30)28-18-4-5-19-20(12-18)33-11-10-32-19/h4-5,12-13,15,17H,6-11H2,1-3H3,(H,28,30). The molecule has 10 heteroatoms. The maximum atomic E-state index is 12.8. The number of thiophene rings is 1. The number of rotatable bonds is 5. The maximum Gasteiger partial charge on any atom is 0.309 e. The highest BCUT2D eigenvalue weighted by Gasteiger charge is 2.30. The highest BCUT2D eigenvalue weighted by Crippen LogP contribution is 2.36. The fourth-order valence-corrected chi connectivity index (χ4v) is 5.41. The van der Waals surface area contributed by atoms with Crippen LogP contribution < -0.4 is 19.7 Å². The summed E-state index contributed by atoms with van der Waals surface area (Å²) in [5.41, 5.74) is 1.77. The molecule has 1 amide bonds. The number of carbonyl (C=O) groups is 2. The minimum Gasteiger partial charge on any atom is -0.486 e. The van der Waals surface area contributed by atoms with E-state index in [2.05, 4.69) is 34.0 Å². The number of hydrogen-bond donors (Lipinski definition) is 1. The molecule has 1 atom stereocenters. The Morgan fingerprint density at radius 3 is 2.66 bits per heavy atom. The maximum absolute atomic E-state index is 12.8. The summed E-state index contributed by atoms with van der Waals surface area (Å²) in [6.45, 7) is 8.13. The summed E-state index contributed by atoms with van der Waals surface area (Å²) in [6.07, 6.45) is 1.98. The zero-order chi connectivity index (χ0) is 24.5. The zero-order valence-electron chi connectivity index (χ0n) is 20.0. The van der Waals surface area contributed by atoms with Crippen LogP contribution in [-0.4, -0.2) is 54.3 Å². The van der Waals surface area contributed by atoms with Crippen molar-refractivity contribution < 1.29 is 23.8 Å². The van der Waals surface area contributed by atoms with E-state index in [9.17, 15) is 9.59 Å². The van der Waals surface area contributed by atoms with Gasteiger partial charge in [0.15, 0.2) is 17.6 Å². The average molecular weight is 497 g/mol. The number of amides is 1. The predicted molar refractivity (Wildman–Crippen MR) is 133 cm³/mol. The predicted octanol–water partition coefficient (Wildman–Crippen LogP) is 3.87. The first kappa shape index (κ1) is 23.3. The Hall–Kier alpha value is -3.40. The van der Waals surface area contributed by atoms with Crippen molar-refractivity contribution in [3.05, 3.63) is 35.0 Å². The van der Waals surface area contributed by atoms with E-state index in [0.29, 0.717) is 56.3 Å². The van der Waals surface area contributed by atoms with E-state index in [4.69, 9.17) is 14.2 Å². The molecule has 0 spiro atoms. The topological polar surface area (TPSA) is 103 Å². The smallest absolute Gasteiger partial charge is 0.309 e. The Bertz CT molecular complexity index is 1270. The number of esters is 1. The summed E-state index contributed by atoms with van der Waals surface area (Å²) >= 11 is 1.68. The number of ether oxygens (including phenoxy) is 3. The molecule has 0 bridgehead atoms. The Balaban J connectivity index is 1.16. The minimum absolute atomic E-state index is 0.251. The van der Waals surface area contributed by atoms with E-state index in [-0.39, 0.29) is 17.8 Å². The largest absolute Gasteiger partial charge is 0.486 e. The van der Waals surface area contributed by atoms with Gasteiger partial charge in [-0.15, -0.1) is 11.3 Å². The van der Waals surface area contributed by atoms with Gasteiger partial charge in [0, 0.05) is 29.7 Å². The van der Waals surface area contributed by atoms with Gasteiger partial charge in [0.05, 0.1) is 11.3 Å². The van der Waals surface area contributed by atoms with Crippen LogP contribution in [0.25, 0.3) is 10.2 Å². The van der Waals surface area contributed by atoms with E-state index >= 15 is 0 Å². The van der Waals surface area contributed by atoms with Crippen LogP contribution in [0.1, 0.15) is 30.2 Å².